The van der Waals surface area contributed by atoms with Gasteiger partial charge in [0.1, 0.15) is 18.2 Å². The highest BCUT2D eigenvalue weighted by molar-refractivity contribution is 6.31. The van der Waals surface area contributed by atoms with Gasteiger partial charge in [-0.15, -0.1) is 0 Å². The molecule has 3 rings (SSSR count). The van der Waals surface area contributed by atoms with Gasteiger partial charge in [0.2, 0.25) is 0 Å². The summed E-state index contributed by atoms with van der Waals surface area (Å²) in [6.45, 7) is 1.60. The molecule has 0 atom stereocenters. The molecule has 0 aliphatic rings. The number of methoxy groups -OCH3 is 2. The second-order valence-corrected chi connectivity index (χ2v) is 7.12. The minimum absolute atomic E-state index is 0.216. The Morgan fingerprint density at radius 2 is 1.60 bits per heavy atom. The molecule has 158 valence electrons. The second-order valence-electron chi connectivity index (χ2n) is 6.71. The van der Waals surface area contributed by atoms with E-state index in [0.717, 1.165) is 29.8 Å². The average molecular weight is 430 g/mol. The van der Waals surface area contributed by atoms with Crippen LogP contribution in [0, 0.1) is 5.82 Å². The van der Waals surface area contributed by atoms with Gasteiger partial charge in [0.15, 0.2) is 11.5 Å². The summed E-state index contributed by atoms with van der Waals surface area (Å²) in [4.78, 5) is 0. The van der Waals surface area contributed by atoms with Crippen molar-refractivity contribution in [1.29, 1.82) is 0 Å². The van der Waals surface area contributed by atoms with Crippen LogP contribution in [0.4, 0.5) is 4.39 Å². The van der Waals surface area contributed by atoms with Crippen molar-refractivity contribution < 1.29 is 18.6 Å². The Kier molecular flexibility index (Phi) is 7.94. The quantitative estimate of drug-likeness (QED) is 0.437. The summed E-state index contributed by atoms with van der Waals surface area (Å²) in [6.07, 6.45) is 0.843. The summed E-state index contributed by atoms with van der Waals surface area (Å²) in [7, 11) is 3.28. The standard InChI is InChI=1S/C24H25ClFNO3/c1-28-22-8-4-3-6-17(22)12-13-27-15-18-7-5-9-23(29-2)24(18)30-16-19-10-11-20(26)14-21(19)25/h3-11,14,27H,12-13,15-16H2,1-2H3. The van der Waals surface area contributed by atoms with Gasteiger partial charge in [0.05, 0.1) is 19.2 Å². The molecule has 0 radical (unpaired) electrons. The van der Waals surface area contributed by atoms with E-state index in [1.165, 1.54) is 12.1 Å². The van der Waals surface area contributed by atoms with Gasteiger partial charge < -0.3 is 19.5 Å². The zero-order chi connectivity index (χ0) is 21.3. The summed E-state index contributed by atoms with van der Waals surface area (Å²) in [6, 6.07) is 18.0. The molecule has 3 aromatic carbocycles. The van der Waals surface area contributed by atoms with Crippen molar-refractivity contribution >= 4 is 11.6 Å². The molecule has 0 heterocycles. The number of nitrogens with one attached hydrogen (secondary N) is 1. The third kappa shape index (κ3) is 5.65. The number of rotatable bonds is 10. The molecule has 0 aromatic heterocycles. The second kappa shape index (κ2) is 10.9. The molecule has 0 bridgehead atoms. The van der Waals surface area contributed by atoms with Crippen LogP contribution >= 0.6 is 11.6 Å². The predicted octanol–water partition coefficient (Wildman–Crippen LogP) is 5.41. The Morgan fingerprint density at radius 3 is 2.37 bits per heavy atom. The minimum Gasteiger partial charge on any atom is -0.496 e. The Hall–Kier alpha value is -2.76. The fraction of sp³-hybridized carbons (Fsp3) is 0.250. The van der Waals surface area contributed by atoms with Gasteiger partial charge in [-0.1, -0.05) is 48.0 Å². The lowest BCUT2D eigenvalue weighted by Crippen LogP contribution is -2.17. The first-order valence-corrected chi connectivity index (χ1v) is 10.1. The zero-order valence-corrected chi connectivity index (χ0v) is 17.8. The molecule has 0 unspecified atom stereocenters. The predicted molar refractivity (Wildman–Crippen MR) is 117 cm³/mol. The first kappa shape index (κ1) is 21.9. The molecule has 4 nitrogen and oxygen atoms in total. The maximum atomic E-state index is 13.3. The molecule has 0 saturated carbocycles. The van der Waals surface area contributed by atoms with Crippen molar-refractivity contribution in [3.8, 4) is 17.2 Å². The monoisotopic (exact) mass is 429 g/mol. The lowest BCUT2D eigenvalue weighted by Gasteiger charge is -2.16. The van der Waals surface area contributed by atoms with Crippen LogP contribution in [0.3, 0.4) is 0 Å². The van der Waals surface area contributed by atoms with Crippen LogP contribution in [0.2, 0.25) is 5.02 Å². The minimum atomic E-state index is -0.374. The third-order valence-electron chi connectivity index (χ3n) is 4.75. The molecule has 30 heavy (non-hydrogen) atoms. The molecular weight excluding hydrogens is 405 g/mol. The van der Waals surface area contributed by atoms with Crippen molar-refractivity contribution in [3.05, 3.63) is 88.2 Å². The van der Waals surface area contributed by atoms with Crippen LogP contribution in [0.1, 0.15) is 16.7 Å². The Morgan fingerprint density at radius 1 is 0.867 bits per heavy atom. The van der Waals surface area contributed by atoms with Crippen LogP contribution in [-0.4, -0.2) is 20.8 Å². The summed E-state index contributed by atoms with van der Waals surface area (Å²) in [5.74, 6) is 1.80. The van der Waals surface area contributed by atoms with E-state index in [4.69, 9.17) is 25.8 Å². The maximum absolute atomic E-state index is 13.3. The van der Waals surface area contributed by atoms with Crippen molar-refractivity contribution in [2.75, 3.05) is 20.8 Å². The fourth-order valence-corrected chi connectivity index (χ4v) is 3.39. The van der Waals surface area contributed by atoms with Crippen molar-refractivity contribution in [1.82, 2.24) is 5.32 Å². The molecule has 1 N–H and O–H groups in total. The van der Waals surface area contributed by atoms with E-state index in [0.29, 0.717) is 28.6 Å². The molecule has 6 heteroatoms. The largest absolute Gasteiger partial charge is 0.496 e. The van der Waals surface area contributed by atoms with Crippen molar-refractivity contribution in [2.45, 2.75) is 19.6 Å². The number of benzene rings is 3. The molecule has 0 aliphatic heterocycles. The Bertz CT molecular complexity index is 980. The van der Waals surface area contributed by atoms with Crippen LogP contribution in [0.25, 0.3) is 0 Å². The molecular formula is C24H25ClFNO3. The van der Waals surface area contributed by atoms with E-state index in [2.05, 4.69) is 11.4 Å². The van der Waals surface area contributed by atoms with Crippen LogP contribution < -0.4 is 19.5 Å². The van der Waals surface area contributed by atoms with Crippen LogP contribution in [0.5, 0.6) is 17.2 Å². The number of para-hydroxylation sites is 2. The summed E-state index contributed by atoms with van der Waals surface area (Å²) < 4.78 is 30.2. The number of halogens is 2. The SMILES string of the molecule is COc1ccccc1CCNCc1cccc(OC)c1OCc1ccc(F)cc1Cl. The van der Waals surface area contributed by atoms with Crippen molar-refractivity contribution in [2.24, 2.45) is 0 Å². The van der Waals surface area contributed by atoms with Gasteiger partial charge in [-0.3, -0.25) is 0 Å². The van der Waals surface area contributed by atoms with Crippen LogP contribution in [-0.2, 0) is 19.6 Å². The fourth-order valence-electron chi connectivity index (χ4n) is 3.17. The first-order valence-electron chi connectivity index (χ1n) is 9.67. The highest BCUT2D eigenvalue weighted by Crippen LogP contribution is 2.32. The van der Waals surface area contributed by atoms with E-state index in [9.17, 15) is 4.39 Å². The first-order chi connectivity index (χ1) is 14.6. The lowest BCUT2D eigenvalue weighted by molar-refractivity contribution is 0.280. The topological polar surface area (TPSA) is 39.7 Å². The molecule has 3 aromatic rings. The summed E-state index contributed by atoms with van der Waals surface area (Å²) >= 11 is 6.12. The third-order valence-corrected chi connectivity index (χ3v) is 5.10. The van der Waals surface area contributed by atoms with Gasteiger partial charge in [-0.25, -0.2) is 4.39 Å². The number of ether oxygens (including phenoxy) is 3. The molecule has 0 saturated heterocycles. The highest BCUT2D eigenvalue weighted by Gasteiger charge is 2.12. The smallest absolute Gasteiger partial charge is 0.166 e. The number of hydrogen-bond acceptors (Lipinski definition) is 4. The summed E-state index contributed by atoms with van der Waals surface area (Å²) in [5, 5.41) is 3.78. The maximum Gasteiger partial charge on any atom is 0.166 e. The van der Waals surface area contributed by atoms with E-state index in [-0.39, 0.29) is 12.4 Å². The molecule has 0 fully saturated rings. The van der Waals surface area contributed by atoms with Crippen LogP contribution in [0.15, 0.2) is 60.7 Å². The Balaban J connectivity index is 1.64. The molecule has 0 aliphatic carbocycles. The normalized spacial score (nSPS) is 10.7. The zero-order valence-electron chi connectivity index (χ0n) is 17.1. The van der Waals surface area contributed by atoms with Gasteiger partial charge in [0.25, 0.3) is 0 Å². The van der Waals surface area contributed by atoms with Gasteiger partial charge >= 0.3 is 0 Å². The van der Waals surface area contributed by atoms with Gasteiger partial charge in [-0.2, -0.15) is 0 Å². The average Bonchev–Trinajstić information content (AvgIpc) is 2.76. The van der Waals surface area contributed by atoms with E-state index >= 15 is 0 Å². The lowest BCUT2D eigenvalue weighted by atomic mass is 10.1. The van der Waals surface area contributed by atoms with Gasteiger partial charge in [-0.05, 0) is 42.8 Å². The van der Waals surface area contributed by atoms with E-state index in [1.807, 2.05) is 36.4 Å². The highest BCUT2D eigenvalue weighted by atomic mass is 35.5. The molecule has 0 amide bonds. The van der Waals surface area contributed by atoms with Crippen molar-refractivity contribution in [3.63, 3.8) is 0 Å². The Labute approximate surface area is 181 Å². The van der Waals surface area contributed by atoms with E-state index in [1.54, 1.807) is 20.3 Å². The molecule has 0 spiro atoms. The number of hydrogen-bond donors (Lipinski definition) is 1. The summed E-state index contributed by atoms with van der Waals surface area (Å²) in [5.41, 5.74) is 2.83. The van der Waals surface area contributed by atoms with Gasteiger partial charge in [0, 0.05) is 17.7 Å². The van der Waals surface area contributed by atoms with E-state index < -0.39 is 0 Å².